The number of nitrogens with one attached hydrogen (secondary N) is 1. The minimum absolute atomic E-state index is 0.320. The standard InChI is InChI=1S/C18H24F3N3O7/c1-9(2)4-5-23(16(28)18(19,20)21)6-10-7-24(17(29)22-14(10)27)15-13(30-3)12(26)11(8-25)31-15/h4,7,11-13,15,25-26H,5-6,8H2,1-3H3,(H,22,27,29)/t11-,12?,13+,15-/m1/s1. The Morgan fingerprint density at radius 1 is 1.39 bits per heavy atom. The number of methoxy groups -OCH3 is 1. The summed E-state index contributed by atoms with van der Waals surface area (Å²) in [6.45, 7) is 1.53. The second kappa shape index (κ2) is 9.77. The van der Waals surface area contributed by atoms with Gasteiger partial charge in [0.05, 0.1) is 18.7 Å². The van der Waals surface area contributed by atoms with Gasteiger partial charge >= 0.3 is 17.8 Å². The highest BCUT2D eigenvalue weighted by Gasteiger charge is 2.45. The number of ether oxygens (including phenoxy) is 2. The monoisotopic (exact) mass is 451 g/mol. The zero-order valence-corrected chi connectivity index (χ0v) is 17.0. The van der Waals surface area contributed by atoms with Gasteiger partial charge in [0.15, 0.2) is 6.23 Å². The maximum atomic E-state index is 13.0. The Morgan fingerprint density at radius 2 is 2.03 bits per heavy atom. The zero-order chi connectivity index (χ0) is 23.5. The molecule has 1 aliphatic heterocycles. The predicted molar refractivity (Wildman–Crippen MR) is 100 cm³/mol. The van der Waals surface area contributed by atoms with E-state index >= 15 is 0 Å². The van der Waals surface area contributed by atoms with Gasteiger partial charge in [-0.15, -0.1) is 0 Å². The molecule has 1 fully saturated rings. The molecule has 0 radical (unpaired) electrons. The number of aromatic amines is 1. The molecule has 1 aliphatic rings. The normalized spacial score (nSPS) is 23.6. The Kier molecular flexibility index (Phi) is 7.81. The van der Waals surface area contributed by atoms with Crippen LogP contribution in [0, 0.1) is 0 Å². The fourth-order valence-corrected chi connectivity index (χ4v) is 3.07. The van der Waals surface area contributed by atoms with Crippen LogP contribution in [0.5, 0.6) is 0 Å². The van der Waals surface area contributed by atoms with Crippen molar-refractivity contribution in [1.29, 1.82) is 0 Å². The first-order valence-corrected chi connectivity index (χ1v) is 9.21. The lowest BCUT2D eigenvalue weighted by molar-refractivity contribution is -0.185. The second-order valence-corrected chi connectivity index (χ2v) is 7.22. The molecule has 0 aromatic carbocycles. The van der Waals surface area contributed by atoms with Gasteiger partial charge in [-0.05, 0) is 13.8 Å². The lowest BCUT2D eigenvalue weighted by Crippen LogP contribution is -2.44. The van der Waals surface area contributed by atoms with Crippen LogP contribution in [0.15, 0.2) is 27.4 Å². The molecule has 1 saturated heterocycles. The summed E-state index contributed by atoms with van der Waals surface area (Å²) in [5.41, 5.74) is -1.61. The summed E-state index contributed by atoms with van der Waals surface area (Å²) >= 11 is 0. The Morgan fingerprint density at radius 3 is 2.55 bits per heavy atom. The third-order valence-corrected chi connectivity index (χ3v) is 4.69. The van der Waals surface area contributed by atoms with Gasteiger partial charge in [0, 0.05) is 19.9 Å². The molecule has 1 aromatic rings. The van der Waals surface area contributed by atoms with E-state index in [0.29, 0.717) is 10.5 Å². The molecule has 10 nitrogen and oxygen atoms in total. The summed E-state index contributed by atoms with van der Waals surface area (Å²) in [5.74, 6) is -2.15. The van der Waals surface area contributed by atoms with Crippen LogP contribution in [0.4, 0.5) is 13.2 Å². The van der Waals surface area contributed by atoms with Crippen molar-refractivity contribution in [2.24, 2.45) is 0 Å². The Hall–Kier alpha value is -2.48. The van der Waals surface area contributed by atoms with Gasteiger partial charge in [-0.25, -0.2) is 4.79 Å². The first-order valence-electron chi connectivity index (χ1n) is 9.21. The smallest absolute Gasteiger partial charge is 0.394 e. The molecule has 0 spiro atoms. The number of amides is 1. The van der Waals surface area contributed by atoms with Crippen LogP contribution in [-0.4, -0.2) is 75.3 Å². The number of carbonyl (C=O) groups is 1. The van der Waals surface area contributed by atoms with E-state index in [4.69, 9.17) is 9.47 Å². The van der Waals surface area contributed by atoms with Crippen molar-refractivity contribution in [2.45, 2.75) is 51.1 Å². The van der Waals surface area contributed by atoms with E-state index in [2.05, 4.69) is 0 Å². The summed E-state index contributed by atoms with van der Waals surface area (Å²) in [4.78, 5) is 38.7. The molecule has 174 valence electrons. The lowest BCUT2D eigenvalue weighted by Gasteiger charge is -2.24. The molecule has 3 N–H and O–H groups in total. The van der Waals surface area contributed by atoms with E-state index in [9.17, 15) is 37.8 Å². The molecule has 0 aliphatic carbocycles. The van der Waals surface area contributed by atoms with Crippen molar-refractivity contribution < 1.29 is 37.7 Å². The maximum absolute atomic E-state index is 13.0. The van der Waals surface area contributed by atoms with Crippen LogP contribution in [0.25, 0.3) is 0 Å². The Balaban J connectivity index is 2.45. The zero-order valence-electron chi connectivity index (χ0n) is 17.0. The topological polar surface area (TPSA) is 134 Å². The van der Waals surface area contributed by atoms with Crippen molar-refractivity contribution in [1.82, 2.24) is 14.5 Å². The van der Waals surface area contributed by atoms with Gasteiger partial charge in [0.1, 0.15) is 18.3 Å². The summed E-state index contributed by atoms with van der Waals surface area (Å²) in [7, 11) is 1.23. The van der Waals surface area contributed by atoms with Gasteiger partial charge in [-0.1, -0.05) is 11.6 Å². The number of allylic oxidation sites excluding steroid dienone is 1. The summed E-state index contributed by atoms with van der Waals surface area (Å²) in [6, 6.07) is 0. The van der Waals surface area contributed by atoms with Gasteiger partial charge < -0.3 is 24.6 Å². The van der Waals surface area contributed by atoms with Gasteiger partial charge in [-0.2, -0.15) is 13.2 Å². The Labute approximate surface area is 174 Å². The molecule has 31 heavy (non-hydrogen) atoms. The molecule has 1 aromatic heterocycles. The number of rotatable bonds is 7. The van der Waals surface area contributed by atoms with Crippen molar-refractivity contribution in [3.05, 3.63) is 44.2 Å². The molecule has 1 amide bonds. The molecule has 1 unspecified atom stereocenters. The number of hydrogen-bond donors (Lipinski definition) is 3. The third kappa shape index (κ3) is 5.61. The Bertz CT molecular complexity index is 937. The van der Waals surface area contributed by atoms with Crippen molar-refractivity contribution in [3.63, 3.8) is 0 Å². The van der Waals surface area contributed by atoms with Crippen LogP contribution in [0.2, 0.25) is 0 Å². The van der Waals surface area contributed by atoms with Gasteiger partial charge in [-0.3, -0.25) is 19.1 Å². The van der Waals surface area contributed by atoms with E-state index in [0.717, 1.165) is 10.8 Å². The number of alkyl halides is 3. The SMILES string of the molecule is CO[C@H]1C(O)[C@@H](CO)O[C@H]1n1cc(CN(CC=C(C)C)C(=O)C(F)(F)F)c(=O)[nH]c1=O. The van der Waals surface area contributed by atoms with Crippen molar-refractivity contribution in [2.75, 3.05) is 20.3 Å². The van der Waals surface area contributed by atoms with Gasteiger partial charge in [0.2, 0.25) is 0 Å². The van der Waals surface area contributed by atoms with E-state index in [1.165, 1.54) is 13.2 Å². The fourth-order valence-electron chi connectivity index (χ4n) is 3.07. The van der Waals surface area contributed by atoms with E-state index < -0.39 is 67.6 Å². The minimum Gasteiger partial charge on any atom is -0.394 e. The average Bonchev–Trinajstić information content (AvgIpc) is 3.00. The van der Waals surface area contributed by atoms with Crippen LogP contribution in [0.3, 0.4) is 0 Å². The van der Waals surface area contributed by atoms with E-state index in [1.54, 1.807) is 13.8 Å². The lowest BCUT2D eigenvalue weighted by atomic mass is 10.1. The molecule has 2 rings (SSSR count). The van der Waals surface area contributed by atoms with Crippen LogP contribution < -0.4 is 11.2 Å². The summed E-state index contributed by atoms with van der Waals surface area (Å²) < 4.78 is 50.4. The second-order valence-electron chi connectivity index (χ2n) is 7.22. The molecule has 0 bridgehead atoms. The number of nitrogens with zero attached hydrogens (tertiary/aromatic N) is 2. The predicted octanol–water partition coefficient (Wildman–Crippen LogP) is -0.341. The maximum Gasteiger partial charge on any atom is 0.471 e. The highest BCUT2D eigenvalue weighted by molar-refractivity contribution is 5.82. The molecule has 2 heterocycles. The first-order chi connectivity index (χ1) is 14.4. The number of aliphatic hydroxyl groups excluding tert-OH is 2. The number of H-pyrrole nitrogens is 1. The molecule has 4 atom stereocenters. The number of carbonyl (C=O) groups excluding carboxylic acids is 1. The van der Waals surface area contributed by atoms with Gasteiger partial charge in [0.25, 0.3) is 5.56 Å². The third-order valence-electron chi connectivity index (χ3n) is 4.69. The molecule has 13 heteroatoms. The number of halogens is 3. The molecule has 0 saturated carbocycles. The van der Waals surface area contributed by atoms with E-state index in [1.807, 2.05) is 4.98 Å². The molecular formula is C18H24F3N3O7. The van der Waals surface area contributed by atoms with Crippen molar-refractivity contribution >= 4 is 5.91 Å². The van der Waals surface area contributed by atoms with E-state index in [-0.39, 0.29) is 5.56 Å². The summed E-state index contributed by atoms with van der Waals surface area (Å²) in [5, 5.41) is 19.4. The summed E-state index contributed by atoms with van der Waals surface area (Å²) in [6.07, 6.45) is -7.59. The fraction of sp³-hybridized carbons (Fsp3) is 0.611. The highest BCUT2D eigenvalue weighted by Crippen LogP contribution is 2.30. The van der Waals surface area contributed by atoms with Crippen molar-refractivity contribution in [3.8, 4) is 0 Å². The average molecular weight is 451 g/mol. The van der Waals surface area contributed by atoms with Crippen LogP contribution >= 0.6 is 0 Å². The minimum atomic E-state index is -5.16. The number of aromatic nitrogens is 2. The quantitative estimate of drug-likeness (QED) is 0.483. The van der Waals surface area contributed by atoms with Crippen LogP contribution in [-0.2, 0) is 20.8 Å². The highest BCUT2D eigenvalue weighted by atomic mass is 19.4. The largest absolute Gasteiger partial charge is 0.471 e. The van der Waals surface area contributed by atoms with Crippen LogP contribution in [0.1, 0.15) is 25.6 Å². The molecular weight excluding hydrogens is 427 g/mol. The number of hydrogen-bond acceptors (Lipinski definition) is 7. The number of aliphatic hydroxyl groups is 2. The first kappa shape index (κ1) is 24.8.